The number of carbonyl (C=O) groups is 2. The Balaban J connectivity index is 1.77. The fourth-order valence-corrected chi connectivity index (χ4v) is 3.18. The average molecular weight is 406 g/mol. The van der Waals surface area contributed by atoms with Gasteiger partial charge >= 0.3 is 11.7 Å². The van der Waals surface area contributed by atoms with E-state index in [9.17, 15) is 19.5 Å². The van der Waals surface area contributed by atoms with E-state index >= 15 is 0 Å². The van der Waals surface area contributed by atoms with E-state index in [0.717, 1.165) is 16.7 Å². The van der Waals surface area contributed by atoms with Crippen LogP contribution in [-0.2, 0) is 11.2 Å². The second kappa shape index (κ2) is 9.51. The molecule has 1 amide bonds. The van der Waals surface area contributed by atoms with Crippen molar-refractivity contribution in [2.24, 2.45) is 5.92 Å². The van der Waals surface area contributed by atoms with Crippen LogP contribution in [0.2, 0.25) is 0 Å². The number of rotatable bonds is 9. The second-order valence-corrected chi connectivity index (χ2v) is 6.88. The summed E-state index contributed by atoms with van der Waals surface area (Å²) >= 11 is 0. The van der Waals surface area contributed by atoms with Crippen LogP contribution < -0.4 is 11.0 Å². The van der Waals surface area contributed by atoms with E-state index in [-0.39, 0.29) is 12.2 Å². The molecule has 0 fully saturated rings. The summed E-state index contributed by atoms with van der Waals surface area (Å²) in [6, 6.07) is 17.3. The van der Waals surface area contributed by atoms with Gasteiger partial charge in [-0.15, -0.1) is 11.7 Å². The van der Waals surface area contributed by atoms with Gasteiger partial charge in [0.25, 0.3) is 5.91 Å². The molecule has 3 rings (SSSR count). The molecule has 0 radical (unpaired) electrons. The topological polar surface area (TPSA) is 128 Å². The minimum absolute atomic E-state index is 0.152. The minimum atomic E-state index is -1.02. The van der Waals surface area contributed by atoms with Crippen molar-refractivity contribution in [2.45, 2.75) is 18.9 Å². The van der Waals surface area contributed by atoms with E-state index in [1.807, 2.05) is 54.6 Å². The Morgan fingerprint density at radius 2 is 1.77 bits per heavy atom. The zero-order valence-electron chi connectivity index (χ0n) is 16.2. The first-order valence-corrected chi connectivity index (χ1v) is 9.41. The Bertz CT molecular complexity index is 1070. The Morgan fingerprint density at radius 3 is 2.33 bits per heavy atom. The maximum Gasteiger partial charge on any atom is 0.341 e. The summed E-state index contributed by atoms with van der Waals surface area (Å²) in [4.78, 5) is 37.3. The van der Waals surface area contributed by atoms with Gasteiger partial charge in [0.15, 0.2) is 0 Å². The molecular weight excluding hydrogens is 384 g/mol. The van der Waals surface area contributed by atoms with Crippen molar-refractivity contribution in [3.8, 4) is 11.1 Å². The fraction of sp³-hybridized carbons (Fsp3) is 0.182. The molecule has 0 aliphatic heterocycles. The number of H-pyrrole nitrogens is 2. The third kappa shape index (κ3) is 5.32. The maximum atomic E-state index is 12.4. The lowest BCUT2D eigenvalue weighted by molar-refractivity contribution is -0.140. The molecule has 1 heterocycles. The van der Waals surface area contributed by atoms with Gasteiger partial charge in [-0.1, -0.05) is 60.7 Å². The summed E-state index contributed by atoms with van der Waals surface area (Å²) in [5, 5.41) is 17.9. The average Bonchev–Trinajstić information content (AvgIpc) is 3.19. The molecule has 2 atom stereocenters. The zero-order valence-corrected chi connectivity index (χ0v) is 16.2. The molecule has 0 unspecified atom stereocenters. The van der Waals surface area contributed by atoms with Crippen LogP contribution in [0, 0.1) is 5.92 Å². The van der Waals surface area contributed by atoms with Gasteiger partial charge in [-0.25, -0.2) is 9.89 Å². The van der Waals surface area contributed by atoms with Crippen molar-refractivity contribution in [2.75, 3.05) is 0 Å². The van der Waals surface area contributed by atoms with Gasteiger partial charge in [0.2, 0.25) is 5.82 Å². The van der Waals surface area contributed by atoms with E-state index in [1.165, 1.54) is 6.08 Å². The van der Waals surface area contributed by atoms with Crippen molar-refractivity contribution in [1.82, 2.24) is 20.5 Å². The van der Waals surface area contributed by atoms with Gasteiger partial charge in [0.05, 0.1) is 5.92 Å². The highest BCUT2D eigenvalue weighted by Crippen LogP contribution is 2.21. The number of aromatic nitrogens is 3. The van der Waals surface area contributed by atoms with E-state index < -0.39 is 29.5 Å². The summed E-state index contributed by atoms with van der Waals surface area (Å²) in [7, 11) is 0. The Labute approximate surface area is 172 Å². The van der Waals surface area contributed by atoms with Crippen molar-refractivity contribution in [3.05, 3.63) is 89.1 Å². The van der Waals surface area contributed by atoms with Crippen LogP contribution in [0.4, 0.5) is 0 Å². The van der Waals surface area contributed by atoms with Crippen molar-refractivity contribution in [3.63, 3.8) is 0 Å². The van der Waals surface area contributed by atoms with Crippen LogP contribution in [0.5, 0.6) is 0 Å². The molecular formula is C22H22N4O4. The number of carboxylic acid groups (broad SMARTS) is 1. The third-order valence-electron chi connectivity index (χ3n) is 4.73. The summed E-state index contributed by atoms with van der Waals surface area (Å²) in [6.45, 7) is 3.57. The number of carboxylic acids is 1. The standard InChI is InChI=1S/C22H22N4O4/c1-2-15(21(28)29)13-18(23-20(27)19-24-22(30)26-25-19)12-14-8-10-17(11-9-14)16-6-4-3-5-7-16/h2-11,15,18H,1,12-13H2,(H,23,27)(H,28,29)(H2,24,25,26,30)/t15-,18-/m1/s1. The van der Waals surface area contributed by atoms with Gasteiger partial charge in [0.1, 0.15) is 0 Å². The van der Waals surface area contributed by atoms with E-state index in [0.29, 0.717) is 6.42 Å². The highest BCUT2D eigenvalue weighted by Gasteiger charge is 2.23. The first kappa shape index (κ1) is 20.8. The largest absolute Gasteiger partial charge is 0.481 e. The van der Waals surface area contributed by atoms with Gasteiger partial charge in [-0.3, -0.25) is 14.6 Å². The number of benzene rings is 2. The van der Waals surface area contributed by atoms with Crippen molar-refractivity contribution < 1.29 is 14.7 Å². The van der Waals surface area contributed by atoms with Crippen LogP contribution in [0.3, 0.4) is 0 Å². The number of hydrogen-bond donors (Lipinski definition) is 4. The molecule has 0 saturated carbocycles. The van der Waals surface area contributed by atoms with Gasteiger partial charge in [-0.2, -0.15) is 0 Å². The monoisotopic (exact) mass is 406 g/mol. The first-order valence-electron chi connectivity index (χ1n) is 9.41. The highest BCUT2D eigenvalue weighted by molar-refractivity contribution is 5.90. The molecule has 0 bridgehead atoms. The quantitative estimate of drug-likeness (QED) is 0.406. The lowest BCUT2D eigenvalue weighted by Gasteiger charge is -2.21. The fourth-order valence-electron chi connectivity index (χ4n) is 3.18. The molecule has 0 aliphatic carbocycles. The molecule has 8 nitrogen and oxygen atoms in total. The third-order valence-corrected chi connectivity index (χ3v) is 4.73. The number of hydrogen-bond acceptors (Lipinski definition) is 4. The number of nitrogens with one attached hydrogen (secondary N) is 3. The van der Waals surface area contributed by atoms with Crippen LogP contribution >= 0.6 is 0 Å². The van der Waals surface area contributed by atoms with Crippen LogP contribution in [-0.4, -0.2) is 38.2 Å². The minimum Gasteiger partial charge on any atom is -0.481 e. The number of aromatic amines is 2. The van der Waals surface area contributed by atoms with E-state index in [4.69, 9.17) is 0 Å². The Kier molecular flexibility index (Phi) is 6.59. The maximum absolute atomic E-state index is 12.4. The predicted octanol–water partition coefficient (Wildman–Crippen LogP) is 2.38. The second-order valence-electron chi connectivity index (χ2n) is 6.88. The van der Waals surface area contributed by atoms with E-state index in [2.05, 4.69) is 27.1 Å². The van der Waals surface area contributed by atoms with E-state index in [1.54, 1.807) is 0 Å². The Hall–Kier alpha value is -3.94. The van der Waals surface area contributed by atoms with Crippen molar-refractivity contribution in [1.29, 1.82) is 0 Å². The van der Waals surface area contributed by atoms with Crippen molar-refractivity contribution >= 4 is 11.9 Å². The molecule has 1 aromatic heterocycles. The number of aliphatic carboxylic acids is 1. The SMILES string of the molecule is C=C[C@H](C[C@@H](Cc1ccc(-c2ccccc2)cc1)NC(=O)c1n[nH]c(=O)[nH]1)C(=O)O. The van der Waals surface area contributed by atoms with Gasteiger partial charge in [0, 0.05) is 6.04 Å². The molecule has 0 aliphatic rings. The summed E-state index contributed by atoms with van der Waals surface area (Å²) in [6.07, 6.45) is 1.91. The van der Waals surface area contributed by atoms with Gasteiger partial charge < -0.3 is 10.4 Å². The highest BCUT2D eigenvalue weighted by atomic mass is 16.4. The van der Waals surface area contributed by atoms with Crippen LogP contribution in [0.1, 0.15) is 22.6 Å². The molecule has 4 N–H and O–H groups in total. The lowest BCUT2D eigenvalue weighted by Crippen LogP contribution is -2.39. The number of nitrogens with zero attached hydrogens (tertiary/aromatic N) is 1. The Morgan fingerprint density at radius 1 is 1.10 bits per heavy atom. The summed E-state index contributed by atoms with van der Waals surface area (Å²) < 4.78 is 0. The number of carbonyl (C=O) groups excluding carboxylic acids is 1. The molecule has 154 valence electrons. The molecule has 2 aromatic carbocycles. The molecule has 30 heavy (non-hydrogen) atoms. The lowest BCUT2D eigenvalue weighted by atomic mass is 9.94. The molecule has 0 saturated heterocycles. The first-order chi connectivity index (χ1) is 14.5. The predicted molar refractivity (Wildman–Crippen MR) is 112 cm³/mol. The molecule has 3 aromatic rings. The smallest absolute Gasteiger partial charge is 0.341 e. The number of amides is 1. The zero-order chi connectivity index (χ0) is 21.5. The molecule has 0 spiro atoms. The summed E-state index contributed by atoms with van der Waals surface area (Å²) in [5.74, 6) is -2.59. The molecule has 8 heteroatoms. The van der Waals surface area contributed by atoms with Crippen LogP contribution in [0.25, 0.3) is 11.1 Å². The van der Waals surface area contributed by atoms with Gasteiger partial charge in [-0.05, 0) is 29.5 Å². The normalized spacial score (nSPS) is 12.7. The summed E-state index contributed by atoms with van der Waals surface area (Å²) in [5.41, 5.74) is 2.49. The van der Waals surface area contributed by atoms with Crippen LogP contribution in [0.15, 0.2) is 72.0 Å².